The first-order valence-electron chi connectivity index (χ1n) is 5.66. The number of nitrogens with one attached hydrogen (secondary N) is 1. The van der Waals surface area contributed by atoms with Crippen molar-refractivity contribution >= 4 is 11.6 Å². The summed E-state index contributed by atoms with van der Waals surface area (Å²) in [4.78, 5) is 4.43. The standard InChI is InChI=1S/C13H15ClFN3/c1-8-17-13(12(7-16-2)18(8)3)10-6-9(14)4-5-11(10)15/h4-6,16H,7H2,1-3H3. The lowest BCUT2D eigenvalue weighted by molar-refractivity contribution is 0.630. The molecule has 2 aromatic rings. The van der Waals surface area contributed by atoms with Crippen molar-refractivity contribution in [3.8, 4) is 11.3 Å². The fourth-order valence-electron chi connectivity index (χ4n) is 1.92. The Morgan fingerprint density at radius 2 is 2.17 bits per heavy atom. The highest BCUT2D eigenvalue weighted by atomic mass is 35.5. The molecule has 1 N–H and O–H groups in total. The molecule has 0 radical (unpaired) electrons. The predicted molar refractivity (Wildman–Crippen MR) is 71.1 cm³/mol. The largest absolute Gasteiger partial charge is 0.334 e. The van der Waals surface area contributed by atoms with Crippen LogP contribution in [0.25, 0.3) is 11.3 Å². The second kappa shape index (κ2) is 5.08. The Morgan fingerprint density at radius 3 is 2.83 bits per heavy atom. The molecule has 0 saturated heterocycles. The number of rotatable bonds is 3. The van der Waals surface area contributed by atoms with Gasteiger partial charge in [-0.15, -0.1) is 0 Å². The van der Waals surface area contributed by atoms with E-state index in [0.717, 1.165) is 11.5 Å². The maximum atomic E-state index is 13.9. The Kier molecular flexibility index (Phi) is 3.68. The molecule has 0 amide bonds. The van der Waals surface area contributed by atoms with E-state index in [4.69, 9.17) is 11.6 Å². The molecule has 1 aromatic heterocycles. The third kappa shape index (κ3) is 2.26. The van der Waals surface area contributed by atoms with Gasteiger partial charge in [-0.1, -0.05) is 11.6 Å². The van der Waals surface area contributed by atoms with Gasteiger partial charge in [0.25, 0.3) is 0 Å². The number of imidazole rings is 1. The van der Waals surface area contributed by atoms with Gasteiger partial charge >= 0.3 is 0 Å². The lowest BCUT2D eigenvalue weighted by Crippen LogP contribution is -2.10. The Morgan fingerprint density at radius 1 is 1.44 bits per heavy atom. The lowest BCUT2D eigenvalue weighted by Gasteiger charge is -2.07. The molecule has 0 saturated carbocycles. The molecular weight excluding hydrogens is 253 g/mol. The van der Waals surface area contributed by atoms with Gasteiger partial charge in [0.05, 0.1) is 11.4 Å². The molecule has 0 fully saturated rings. The summed E-state index contributed by atoms with van der Waals surface area (Å²) in [6, 6.07) is 4.51. The third-order valence-electron chi connectivity index (χ3n) is 2.96. The molecule has 0 unspecified atom stereocenters. The van der Waals surface area contributed by atoms with Crippen LogP contribution in [-0.4, -0.2) is 16.6 Å². The maximum Gasteiger partial charge on any atom is 0.132 e. The van der Waals surface area contributed by atoms with E-state index in [-0.39, 0.29) is 5.82 Å². The molecule has 1 heterocycles. The van der Waals surface area contributed by atoms with Crippen LogP contribution in [0.4, 0.5) is 4.39 Å². The summed E-state index contributed by atoms with van der Waals surface area (Å²) in [5.41, 5.74) is 2.02. The van der Waals surface area contributed by atoms with E-state index in [1.54, 1.807) is 6.07 Å². The molecule has 5 heteroatoms. The van der Waals surface area contributed by atoms with Crippen LogP contribution in [0.2, 0.25) is 5.02 Å². The first-order chi connectivity index (χ1) is 8.54. The van der Waals surface area contributed by atoms with Gasteiger partial charge in [-0.2, -0.15) is 0 Å². The minimum absolute atomic E-state index is 0.310. The van der Waals surface area contributed by atoms with Crippen molar-refractivity contribution in [3.63, 3.8) is 0 Å². The lowest BCUT2D eigenvalue weighted by atomic mass is 10.1. The topological polar surface area (TPSA) is 29.9 Å². The fourth-order valence-corrected chi connectivity index (χ4v) is 2.09. The van der Waals surface area contributed by atoms with Crippen LogP contribution in [0.3, 0.4) is 0 Å². The normalized spacial score (nSPS) is 10.9. The van der Waals surface area contributed by atoms with Crippen LogP contribution < -0.4 is 5.32 Å². The van der Waals surface area contributed by atoms with Gasteiger partial charge in [-0.05, 0) is 32.2 Å². The molecular formula is C13H15ClFN3. The van der Waals surface area contributed by atoms with Gasteiger partial charge in [-0.3, -0.25) is 0 Å². The van der Waals surface area contributed by atoms with Crippen molar-refractivity contribution in [3.05, 3.63) is 40.6 Å². The van der Waals surface area contributed by atoms with E-state index >= 15 is 0 Å². The molecule has 0 aliphatic rings. The molecule has 2 rings (SSSR count). The van der Waals surface area contributed by atoms with Gasteiger partial charge in [0, 0.05) is 24.2 Å². The van der Waals surface area contributed by atoms with Crippen LogP contribution in [-0.2, 0) is 13.6 Å². The van der Waals surface area contributed by atoms with Crippen LogP contribution in [0.15, 0.2) is 18.2 Å². The molecule has 0 bridgehead atoms. The number of nitrogens with zero attached hydrogens (tertiary/aromatic N) is 2. The van der Waals surface area contributed by atoms with E-state index in [1.807, 2.05) is 25.6 Å². The van der Waals surface area contributed by atoms with E-state index in [1.165, 1.54) is 12.1 Å². The highest BCUT2D eigenvalue weighted by molar-refractivity contribution is 6.30. The first kappa shape index (κ1) is 13.1. The van der Waals surface area contributed by atoms with Crippen LogP contribution in [0.5, 0.6) is 0 Å². The number of benzene rings is 1. The second-order valence-electron chi connectivity index (χ2n) is 4.17. The van der Waals surface area contributed by atoms with Crippen molar-refractivity contribution in [1.29, 1.82) is 0 Å². The minimum atomic E-state index is -0.310. The summed E-state index contributed by atoms with van der Waals surface area (Å²) in [5.74, 6) is 0.532. The Labute approximate surface area is 111 Å². The van der Waals surface area contributed by atoms with Gasteiger partial charge in [0.1, 0.15) is 11.6 Å². The molecule has 0 spiro atoms. The van der Waals surface area contributed by atoms with E-state index in [0.29, 0.717) is 22.8 Å². The average Bonchev–Trinajstić information content (AvgIpc) is 2.61. The fraction of sp³-hybridized carbons (Fsp3) is 0.308. The molecule has 0 aliphatic carbocycles. The van der Waals surface area contributed by atoms with Crippen molar-refractivity contribution in [2.75, 3.05) is 7.05 Å². The quantitative estimate of drug-likeness (QED) is 0.927. The van der Waals surface area contributed by atoms with Crippen LogP contribution >= 0.6 is 11.6 Å². The number of aromatic nitrogens is 2. The zero-order valence-electron chi connectivity index (χ0n) is 10.6. The summed E-state index contributed by atoms with van der Waals surface area (Å²) in [7, 11) is 3.77. The Balaban J connectivity index is 2.63. The zero-order chi connectivity index (χ0) is 13.3. The molecule has 1 aromatic carbocycles. The van der Waals surface area contributed by atoms with E-state index < -0.39 is 0 Å². The molecule has 18 heavy (non-hydrogen) atoms. The average molecular weight is 268 g/mol. The maximum absolute atomic E-state index is 13.9. The Bertz CT molecular complexity index is 578. The van der Waals surface area contributed by atoms with Crippen molar-refractivity contribution < 1.29 is 4.39 Å². The summed E-state index contributed by atoms with van der Waals surface area (Å²) in [6.07, 6.45) is 0. The Hall–Kier alpha value is -1.39. The molecule has 96 valence electrons. The summed E-state index contributed by atoms with van der Waals surface area (Å²) in [6.45, 7) is 2.52. The summed E-state index contributed by atoms with van der Waals surface area (Å²) in [5, 5.41) is 3.57. The van der Waals surface area contributed by atoms with Crippen molar-refractivity contribution in [2.45, 2.75) is 13.5 Å². The molecule has 0 aliphatic heterocycles. The van der Waals surface area contributed by atoms with Gasteiger partial charge in [0.15, 0.2) is 0 Å². The molecule has 0 atom stereocenters. The van der Waals surface area contributed by atoms with Crippen LogP contribution in [0.1, 0.15) is 11.5 Å². The highest BCUT2D eigenvalue weighted by Crippen LogP contribution is 2.28. The van der Waals surface area contributed by atoms with Gasteiger partial charge in [0.2, 0.25) is 0 Å². The second-order valence-corrected chi connectivity index (χ2v) is 4.60. The van der Waals surface area contributed by atoms with Gasteiger partial charge in [-0.25, -0.2) is 9.37 Å². The van der Waals surface area contributed by atoms with E-state index in [2.05, 4.69) is 10.3 Å². The predicted octanol–water partition coefficient (Wildman–Crippen LogP) is 2.91. The SMILES string of the molecule is CNCc1c(-c2cc(Cl)ccc2F)nc(C)n1C. The highest BCUT2D eigenvalue weighted by Gasteiger charge is 2.16. The number of hydrogen-bond donors (Lipinski definition) is 1. The number of aryl methyl sites for hydroxylation is 1. The summed E-state index contributed by atoms with van der Waals surface area (Å²) >= 11 is 5.93. The summed E-state index contributed by atoms with van der Waals surface area (Å²) < 4.78 is 15.8. The number of halogens is 2. The van der Waals surface area contributed by atoms with Crippen LogP contribution in [0, 0.1) is 12.7 Å². The zero-order valence-corrected chi connectivity index (χ0v) is 11.3. The van der Waals surface area contributed by atoms with Gasteiger partial charge < -0.3 is 9.88 Å². The monoisotopic (exact) mass is 267 g/mol. The first-order valence-corrected chi connectivity index (χ1v) is 6.04. The van der Waals surface area contributed by atoms with Crippen molar-refractivity contribution in [2.24, 2.45) is 7.05 Å². The number of hydrogen-bond acceptors (Lipinski definition) is 2. The molecule has 3 nitrogen and oxygen atoms in total. The minimum Gasteiger partial charge on any atom is -0.334 e. The third-order valence-corrected chi connectivity index (χ3v) is 3.20. The smallest absolute Gasteiger partial charge is 0.132 e. The van der Waals surface area contributed by atoms with E-state index in [9.17, 15) is 4.39 Å². The van der Waals surface area contributed by atoms with Crippen molar-refractivity contribution in [1.82, 2.24) is 14.9 Å².